The van der Waals surface area contributed by atoms with Gasteiger partial charge < -0.3 is 15.0 Å². The Morgan fingerprint density at radius 2 is 1.93 bits per heavy atom. The van der Waals surface area contributed by atoms with E-state index in [2.05, 4.69) is 19.2 Å². The first-order valence-corrected chi connectivity index (χ1v) is 11.0. The van der Waals surface area contributed by atoms with Gasteiger partial charge in [0.25, 0.3) is 5.91 Å². The van der Waals surface area contributed by atoms with Crippen LogP contribution < -0.4 is 5.32 Å². The van der Waals surface area contributed by atoms with Crippen LogP contribution >= 0.6 is 22.7 Å². The second-order valence-electron chi connectivity index (χ2n) is 7.33. The summed E-state index contributed by atoms with van der Waals surface area (Å²) >= 11 is 2.77. The van der Waals surface area contributed by atoms with E-state index in [1.165, 1.54) is 29.6 Å². The number of piperidine rings is 1. The fourth-order valence-corrected chi connectivity index (χ4v) is 5.40. The van der Waals surface area contributed by atoms with Gasteiger partial charge in [0.05, 0.1) is 0 Å². The Morgan fingerprint density at radius 1 is 1.21 bits per heavy atom. The van der Waals surface area contributed by atoms with Crippen molar-refractivity contribution in [3.05, 3.63) is 28.5 Å². The summed E-state index contributed by atoms with van der Waals surface area (Å²) in [4.78, 5) is 39.5. The van der Waals surface area contributed by atoms with Crippen molar-refractivity contribution in [1.29, 1.82) is 0 Å². The minimum atomic E-state index is -0.597. The van der Waals surface area contributed by atoms with Crippen LogP contribution in [0.5, 0.6) is 0 Å². The zero-order chi connectivity index (χ0) is 20.3. The molecule has 2 aromatic rings. The maximum Gasteiger partial charge on any atom is 0.342 e. The lowest BCUT2D eigenvalue weighted by Gasteiger charge is -2.34. The number of rotatable bonds is 5. The highest BCUT2D eigenvalue weighted by Crippen LogP contribution is 2.38. The van der Waals surface area contributed by atoms with Gasteiger partial charge in [0.1, 0.15) is 10.6 Å². The summed E-state index contributed by atoms with van der Waals surface area (Å²) < 4.78 is 5.36. The molecule has 6 nitrogen and oxygen atoms in total. The van der Waals surface area contributed by atoms with Gasteiger partial charge in [-0.05, 0) is 29.7 Å². The number of ether oxygens (including phenoxy) is 1. The maximum absolute atomic E-state index is 12.8. The summed E-state index contributed by atoms with van der Waals surface area (Å²) in [6.07, 6.45) is 1.10. The molecule has 2 aromatic heterocycles. The molecule has 0 radical (unpaired) electrons. The van der Waals surface area contributed by atoms with Crippen molar-refractivity contribution in [2.24, 2.45) is 11.8 Å². The minimum absolute atomic E-state index is 0.180. The topological polar surface area (TPSA) is 75.7 Å². The van der Waals surface area contributed by atoms with Gasteiger partial charge in [0.2, 0.25) is 5.91 Å². The van der Waals surface area contributed by atoms with Crippen molar-refractivity contribution in [2.75, 3.05) is 25.0 Å². The smallest absolute Gasteiger partial charge is 0.342 e. The van der Waals surface area contributed by atoms with Gasteiger partial charge in [-0.15, -0.1) is 22.7 Å². The van der Waals surface area contributed by atoms with Gasteiger partial charge in [0.15, 0.2) is 6.61 Å². The maximum atomic E-state index is 12.8. The zero-order valence-electron chi connectivity index (χ0n) is 16.2. The fraction of sp³-hybridized carbons (Fsp3) is 0.450. The van der Waals surface area contributed by atoms with Gasteiger partial charge >= 0.3 is 5.97 Å². The van der Waals surface area contributed by atoms with E-state index in [9.17, 15) is 14.4 Å². The molecule has 150 valence electrons. The number of nitrogens with one attached hydrogen (secondary N) is 1. The Morgan fingerprint density at radius 3 is 2.54 bits per heavy atom. The predicted molar refractivity (Wildman–Crippen MR) is 112 cm³/mol. The van der Waals surface area contributed by atoms with E-state index in [0.29, 0.717) is 41.1 Å². The summed E-state index contributed by atoms with van der Waals surface area (Å²) in [5.41, 5.74) is 1.01. The monoisotopic (exact) mass is 420 g/mol. The third kappa shape index (κ3) is 4.80. The van der Waals surface area contributed by atoms with Gasteiger partial charge in [-0.2, -0.15) is 0 Å². The third-order valence-electron chi connectivity index (χ3n) is 4.62. The summed E-state index contributed by atoms with van der Waals surface area (Å²) in [5, 5.41) is 6.87. The molecule has 0 spiro atoms. The van der Waals surface area contributed by atoms with Gasteiger partial charge in [0, 0.05) is 35.8 Å². The van der Waals surface area contributed by atoms with Gasteiger partial charge in [-0.3, -0.25) is 9.59 Å². The summed E-state index contributed by atoms with van der Waals surface area (Å²) in [5.74, 6) is -0.157. The lowest BCUT2D eigenvalue weighted by Crippen LogP contribution is -2.44. The Balaban J connectivity index is 1.73. The number of hydrogen-bond acceptors (Lipinski definition) is 6. The molecule has 2 atom stereocenters. The molecule has 0 aromatic carbocycles. The molecule has 0 aliphatic carbocycles. The number of esters is 1. The molecular weight excluding hydrogens is 396 g/mol. The molecule has 1 aliphatic heterocycles. The minimum Gasteiger partial charge on any atom is -0.452 e. The van der Waals surface area contributed by atoms with Crippen LogP contribution in [0.4, 0.5) is 5.00 Å². The highest BCUT2D eigenvalue weighted by Gasteiger charge is 2.28. The Labute approximate surface area is 172 Å². The zero-order valence-corrected chi connectivity index (χ0v) is 17.8. The van der Waals surface area contributed by atoms with E-state index in [0.717, 1.165) is 11.3 Å². The van der Waals surface area contributed by atoms with Crippen LogP contribution in [0, 0.1) is 11.8 Å². The molecule has 8 heteroatoms. The second-order valence-corrected chi connectivity index (χ2v) is 9.16. The Kier molecular flexibility index (Phi) is 6.51. The van der Waals surface area contributed by atoms with Crippen LogP contribution in [0.25, 0.3) is 10.4 Å². The standard InChI is InChI=1S/C20H24N2O4S2/c1-12-7-13(2)9-22(8-12)17(24)10-26-20(25)18-15(16-5-4-6-27-16)11-28-19(18)21-14(3)23/h4-6,11-13H,7-10H2,1-3H3,(H,21,23)/t12-,13+. The average Bonchev–Trinajstić information content (AvgIpc) is 3.27. The highest BCUT2D eigenvalue weighted by molar-refractivity contribution is 7.17. The highest BCUT2D eigenvalue weighted by atomic mass is 32.1. The van der Waals surface area contributed by atoms with E-state index in [-0.39, 0.29) is 18.4 Å². The van der Waals surface area contributed by atoms with E-state index in [4.69, 9.17) is 4.74 Å². The molecule has 2 amide bonds. The van der Waals surface area contributed by atoms with Crippen molar-refractivity contribution in [3.8, 4) is 10.4 Å². The molecule has 0 saturated carbocycles. The quantitative estimate of drug-likeness (QED) is 0.739. The number of carbonyl (C=O) groups excluding carboxylic acids is 3. The van der Waals surface area contributed by atoms with Crippen molar-refractivity contribution >= 4 is 45.5 Å². The molecule has 28 heavy (non-hydrogen) atoms. The molecule has 0 bridgehead atoms. The number of carbonyl (C=O) groups is 3. The largest absolute Gasteiger partial charge is 0.452 e. The average molecular weight is 421 g/mol. The van der Waals surface area contributed by atoms with Crippen LogP contribution in [0.15, 0.2) is 22.9 Å². The second kappa shape index (κ2) is 8.87. The number of likely N-dealkylation sites (tertiary alicyclic amines) is 1. The third-order valence-corrected chi connectivity index (χ3v) is 6.42. The number of thiophene rings is 2. The van der Waals surface area contributed by atoms with Crippen LogP contribution in [0.1, 0.15) is 37.6 Å². The van der Waals surface area contributed by atoms with Gasteiger partial charge in [-0.1, -0.05) is 19.9 Å². The first-order valence-electron chi connectivity index (χ1n) is 9.23. The molecule has 1 aliphatic rings. The van der Waals surface area contributed by atoms with E-state index in [1.54, 1.807) is 4.90 Å². The molecule has 1 fully saturated rings. The van der Waals surface area contributed by atoms with Crippen molar-refractivity contribution < 1.29 is 19.1 Å². The summed E-state index contributed by atoms with van der Waals surface area (Å²) in [6, 6.07) is 3.80. The van der Waals surface area contributed by atoms with E-state index >= 15 is 0 Å². The lowest BCUT2D eigenvalue weighted by molar-refractivity contribution is -0.137. The van der Waals surface area contributed by atoms with Crippen LogP contribution in [0.3, 0.4) is 0 Å². The van der Waals surface area contributed by atoms with Crippen molar-refractivity contribution in [1.82, 2.24) is 4.90 Å². The molecule has 3 rings (SSSR count). The van der Waals surface area contributed by atoms with Gasteiger partial charge in [-0.25, -0.2) is 4.79 Å². The van der Waals surface area contributed by atoms with Crippen molar-refractivity contribution in [2.45, 2.75) is 27.2 Å². The SMILES string of the molecule is CC(=O)Nc1scc(-c2cccs2)c1C(=O)OCC(=O)N1C[C@H](C)C[C@H](C)C1. The Hall–Kier alpha value is -2.19. The molecule has 0 unspecified atom stereocenters. The number of nitrogens with zero attached hydrogens (tertiary/aromatic N) is 1. The first kappa shape index (κ1) is 20.5. The Bertz CT molecular complexity index is 850. The lowest BCUT2D eigenvalue weighted by atomic mass is 9.92. The number of anilines is 1. The molecular formula is C20H24N2O4S2. The molecule has 3 heterocycles. The fourth-order valence-electron chi connectivity index (χ4n) is 3.58. The molecule has 1 N–H and O–H groups in total. The van der Waals surface area contributed by atoms with Crippen LogP contribution in [-0.4, -0.2) is 42.4 Å². The van der Waals surface area contributed by atoms with Crippen molar-refractivity contribution in [3.63, 3.8) is 0 Å². The first-order chi connectivity index (χ1) is 13.3. The van der Waals surface area contributed by atoms with E-state index < -0.39 is 5.97 Å². The normalized spacial score (nSPS) is 19.3. The number of hydrogen-bond donors (Lipinski definition) is 1. The van der Waals surface area contributed by atoms with Crippen LogP contribution in [-0.2, 0) is 14.3 Å². The summed E-state index contributed by atoms with van der Waals surface area (Å²) in [7, 11) is 0. The van der Waals surface area contributed by atoms with E-state index in [1.807, 2.05) is 22.9 Å². The predicted octanol–water partition coefficient (Wildman–Crippen LogP) is 4.10. The molecule has 1 saturated heterocycles. The number of amides is 2. The summed E-state index contributed by atoms with van der Waals surface area (Å²) in [6.45, 7) is 6.73. The van der Waals surface area contributed by atoms with Crippen LogP contribution in [0.2, 0.25) is 0 Å².